The zero-order valence-electron chi connectivity index (χ0n) is 6.87. The normalized spacial score (nSPS) is 13.4. The van der Waals surface area contributed by atoms with Gasteiger partial charge in [-0.05, 0) is 32.1 Å². The summed E-state index contributed by atoms with van der Waals surface area (Å²) in [5.41, 5.74) is 0. The summed E-state index contributed by atoms with van der Waals surface area (Å²) in [4.78, 5) is 0. The molecule has 0 bridgehead atoms. The van der Waals surface area contributed by atoms with E-state index in [0.29, 0.717) is 12.8 Å². The summed E-state index contributed by atoms with van der Waals surface area (Å²) in [6.07, 6.45) is 3.40. The summed E-state index contributed by atoms with van der Waals surface area (Å²) in [6.45, 7) is 0.351. The largest absolute Gasteiger partial charge is 0.396 e. The Morgan fingerprint density at radius 1 is 0.818 bits per heavy atom. The standard InChI is InChI=1S/C8H18O3/c9-6-2-1-4-8(11)5-3-7-10/h8-11H,1-7H2. The molecule has 0 heterocycles. The minimum atomic E-state index is -0.298. The lowest BCUT2D eigenvalue weighted by Crippen LogP contribution is -2.07. The van der Waals surface area contributed by atoms with Crippen LogP contribution in [-0.2, 0) is 0 Å². The zero-order chi connectivity index (χ0) is 8.53. The van der Waals surface area contributed by atoms with E-state index >= 15 is 0 Å². The maximum absolute atomic E-state index is 9.21. The highest BCUT2D eigenvalue weighted by Gasteiger charge is 2.01. The summed E-state index contributed by atoms with van der Waals surface area (Å²) in [5.74, 6) is 0. The first-order valence-electron chi connectivity index (χ1n) is 4.21. The Morgan fingerprint density at radius 3 is 1.91 bits per heavy atom. The lowest BCUT2D eigenvalue weighted by molar-refractivity contribution is 0.135. The smallest absolute Gasteiger partial charge is 0.0541 e. The molecule has 0 aliphatic rings. The van der Waals surface area contributed by atoms with Crippen molar-refractivity contribution in [2.75, 3.05) is 13.2 Å². The van der Waals surface area contributed by atoms with Gasteiger partial charge in [0.25, 0.3) is 0 Å². The Bertz CT molecular complexity index is 75.7. The van der Waals surface area contributed by atoms with E-state index in [1.807, 2.05) is 0 Å². The topological polar surface area (TPSA) is 60.7 Å². The van der Waals surface area contributed by atoms with E-state index in [9.17, 15) is 5.11 Å². The highest BCUT2D eigenvalue weighted by molar-refractivity contribution is 4.55. The molecule has 0 rings (SSSR count). The van der Waals surface area contributed by atoms with Crippen molar-refractivity contribution in [3.8, 4) is 0 Å². The molecule has 68 valence electrons. The Hall–Kier alpha value is -0.120. The molecule has 0 aliphatic heterocycles. The zero-order valence-corrected chi connectivity index (χ0v) is 6.87. The summed E-state index contributed by atoms with van der Waals surface area (Å²) in [7, 11) is 0. The van der Waals surface area contributed by atoms with E-state index in [2.05, 4.69) is 0 Å². The minimum Gasteiger partial charge on any atom is -0.396 e. The van der Waals surface area contributed by atoms with Crippen molar-refractivity contribution < 1.29 is 15.3 Å². The van der Waals surface area contributed by atoms with Crippen LogP contribution in [-0.4, -0.2) is 34.6 Å². The Kier molecular flexibility index (Phi) is 7.89. The molecule has 0 fully saturated rings. The highest BCUT2D eigenvalue weighted by Crippen LogP contribution is 2.05. The van der Waals surface area contributed by atoms with E-state index in [1.54, 1.807) is 0 Å². The Balaban J connectivity index is 3.02. The van der Waals surface area contributed by atoms with Gasteiger partial charge in [-0.1, -0.05) is 0 Å². The van der Waals surface area contributed by atoms with Crippen molar-refractivity contribution in [3.05, 3.63) is 0 Å². The van der Waals surface area contributed by atoms with Crippen molar-refractivity contribution in [2.45, 2.75) is 38.2 Å². The van der Waals surface area contributed by atoms with Crippen molar-refractivity contribution in [1.29, 1.82) is 0 Å². The fourth-order valence-corrected chi connectivity index (χ4v) is 0.963. The maximum atomic E-state index is 9.21. The number of hydrogen-bond acceptors (Lipinski definition) is 3. The van der Waals surface area contributed by atoms with Crippen LogP contribution in [0, 0.1) is 0 Å². The van der Waals surface area contributed by atoms with Gasteiger partial charge in [0.05, 0.1) is 6.10 Å². The number of aliphatic hydroxyl groups is 3. The van der Waals surface area contributed by atoms with Crippen LogP contribution in [0.2, 0.25) is 0 Å². The summed E-state index contributed by atoms with van der Waals surface area (Å²) >= 11 is 0. The molecule has 3 nitrogen and oxygen atoms in total. The minimum absolute atomic E-state index is 0.150. The van der Waals surface area contributed by atoms with Gasteiger partial charge in [0, 0.05) is 13.2 Å². The molecule has 0 radical (unpaired) electrons. The van der Waals surface area contributed by atoms with Gasteiger partial charge in [0.15, 0.2) is 0 Å². The first kappa shape index (κ1) is 10.9. The summed E-state index contributed by atoms with van der Waals surface area (Å²) in [6, 6.07) is 0. The molecule has 0 spiro atoms. The molecule has 1 unspecified atom stereocenters. The van der Waals surface area contributed by atoms with Crippen LogP contribution >= 0.6 is 0 Å². The van der Waals surface area contributed by atoms with Crippen LogP contribution in [0.5, 0.6) is 0 Å². The van der Waals surface area contributed by atoms with E-state index in [4.69, 9.17) is 10.2 Å². The third-order valence-electron chi connectivity index (χ3n) is 1.64. The van der Waals surface area contributed by atoms with Crippen LogP contribution < -0.4 is 0 Å². The first-order chi connectivity index (χ1) is 5.31. The fraction of sp³-hybridized carbons (Fsp3) is 1.00. The first-order valence-corrected chi connectivity index (χ1v) is 4.21. The van der Waals surface area contributed by atoms with Gasteiger partial charge < -0.3 is 15.3 Å². The number of aliphatic hydroxyl groups excluding tert-OH is 3. The molecule has 1 atom stereocenters. The molecular formula is C8H18O3. The molecule has 0 aromatic heterocycles. The van der Waals surface area contributed by atoms with Crippen LogP contribution in [0.3, 0.4) is 0 Å². The molecule has 0 aromatic carbocycles. The quantitative estimate of drug-likeness (QED) is 0.471. The Labute approximate surface area is 67.7 Å². The second-order valence-electron chi connectivity index (χ2n) is 2.74. The lowest BCUT2D eigenvalue weighted by atomic mass is 10.1. The van der Waals surface area contributed by atoms with Crippen molar-refractivity contribution >= 4 is 0 Å². The van der Waals surface area contributed by atoms with Gasteiger partial charge in [-0.2, -0.15) is 0 Å². The van der Waals surface area contributed by atoms with Gasteiger partial charge in [-0.15, -0.1) is 0 Å². The predicted molar refractivity (Wildman–Crippen MR) is 43.3 cm³/mol. The maximum Gasteiger partial charge on any atom is 0.0541 e. The van der Waals surface area contributed by atoms with Gasteiger partial charge >= 0.3 is 0 Å². The molecule has 0 amide bonds. The third-order valence-corrected chi connectivity index (χ3v) is 1.64. The predicted octanol–water partition coefficient (Wildman–Crippen LogP) is 0.282. The Morgan fingerprint density at radius 2 is 1.36 bits per heavy atom. The molecule has 0 saturated heterocycles. The second kappa shape index (κ2) is 7.98. The van der Waals surface area contributed by atoms with E-state index < -0.39 is 0 Å². The molecule has 0 saturated carbocycles. The number of hydrogen-bond donors (Lipinski definition) is 3. The monoisotopic (exact) mass is 162 g/mol. The second-order valence-corrected chi connectivity index (χ2v) is 2.74. The van der Waals surface area contributed by atoms with Crippen molar-refractivity contribution in [1.82, 2.24) is 0 Å². The average Bonchev–Trinajstić information content (AvgIpc) is 2.01. The van der Waals surface area contributed by atoms with Crippen LogP contribution in [0.4, 0.5) is 0 Å². The van der Waals surface area contributed by atoms with Gasteiger partial charge in [-0.25, -0.2) is 0 Å². The lowest BCUT2D eigenvalue weighted by Gasteiger charge is -2.07. The highest BCUT2D eigenvalue weighted by atomic mass is 16.3. The number of rotatable bonds is 7. The molecule has 0 aliphatic carbocycles. The SMILES string of the molecule is OCCCCC(O)CCCO. The van der Waals surface area contributed by atoms with Gasteiger partial charge in [0.1, 0.15) is 0 Å². The van der Waals surface area contributed by atoms with E-state index in [-0.39, 0.29) is 19.3 Å². The third kappa shape index (κ3) is 7.78. The average molecular weight is 162 g/mol. The van der Waals surface area contributed by atoms with E-state index in [0.717, 1.165) is 19.3 Å². The summed E-state index contributed by atoms with van der Waals surface area (Å²) < 4.78 is 0. The molecular weight excluding hydrogens is 144 g/mol. The molecule has 11 heavy (non-hydrogen) atoms. The molecule has 3 heteroatoms. The molecule has 3 N–H and O–H groups in total. The van der Waals surface area contributed by atoms with Crippen molar-refractivity contribution in [3.63, 3.8) is 0 Å². The van der Waals surface area contributed by atoms with Crippen molar-refractivity contribution in [2.24, 2.45) is 0 Å². The van der Waals surface area contributed by atoms with E-state index in [1.165, 1.54) is 0 Å². The molecule has 0 aromatic rings. The van der Waals surface area contributed by atoms with Gasteiger partial charge in [-0.3, -0.25) is 0 Å². The van der Waals surface area contributed by atoms with Crippen LogP contribution in [0.1, 0.15) is 32.1 Å². The number of unbranched alkanes of at least 4 members (excludes halogenated alkanes) is 1. The van der Waals surface area contributed by atoms with Gasteiger partial charge in [0.2, 0.25) is 0 Å². The fourth-order valence-electron chi connectivity index (χ4n) is 0.963. The van der Waals surface area contributed by atoms with Crippen LogP contribution in [0.15, 0.2) is 0 Å². The van der Waals surface area contributed by atoms with Crippen LogP contribution in [0.25, 0.3) is 0 Å². The summed E-state index contributed by atoms with van der Waals surface area (Å²) in [5, 5.41) is 26.1.